The molecule has 0 bridgehead atoms. The normalized spacial score (nSPS) is 48.3. The Labute approximate surface area is 110 Å². The van der Waals surface area contributed by atoms with Crippen molar-refractivity contribution >= 4 is 5.78 Å². The molecule has 3 nitrogen and oxygen atoms in total. The van der Waals surface area contributed by atoms with E-state index in [0.29, 0.717) is 18.8 Å². The molecule has 5 atom stereocenters. The third-order valence-electron chi connectivity index (χ3n) is 5.65. The number of fused-ring (bicyclic) bond motifs is 1. The fourth-order valence-electron chi connectivity index (χ4n) is 4.43. The Kier molecular flexibility index (Phi) is 3.35. The Morgan fingerprint density at radius 3 is 2.44 bits per heavy atom. The molecule has 2 aliphatic carbocycles. The zero-order chi connectivity index (χ0) is 13.7. The molecule has 104 valence electrons. The van der Waals surface area contributed by atoms with E-state index in [1.807, 2.05) is 0 Å². The molecular formula is C15H26O3. The van der Waals surface area contributed by atoms with E-state index in [0.717, 1.165) is 12.8 Å². The van der Waals surface area contributed by atoms with Gasteiger partial charge in [0.1, 0.15) is 5.78 Å². The number of carbonyl (C=O) groups excluding carboxylic acids is 1. The van der Waals surface area contributed by atoms with Crippen molar-refractivity contribution in [2.45, 2.75) is 65.1 Å². The topological polar surface area (TPSA) is 57.5 Å². The number of Topliss-reactive ketones (excluding diaryl/α,β-unsaturated/α-hetero) is 1. The third kappa shape index (κ3) is 1.83. The lowest BCUT2D eigenvalue weighted by atomic mass is 9.58. The highest BCUT2D eigenvalue weighted by atomic mass is 16.3. The minimum atomic E-state index is -0.781. The van der Waals surface area contributed by atoms with Crippen LogP contribution in [0.5, 0.6) is 0 Å². The summed E-state index contributed by atoms with van der Waals surface area (Å²) in [7, 11) is 0. The Morgan fingerprint density at radius 1 is 1.33 bits per heavy atom. The van der Waals surface area contributed by atoms with Crippen molar-refractivity contribution in [2.24, 2.45) is 23.2 Å². The second-order valence-electron chi connectivity index (χ2n) is 7.07. The summed E-state index contributed by atoms with van der Waals surface area (Å²) in [5.74, 6) is 0.284. The van der Waals surface area contributed by atoms with Gasteiger partial charge in [-0.15, -0.1) is 0 Å². The minimum absolute atomic E-state index is 0.00683. The van der Waals surface area contributed by atoms with Gasteiger partial charge in [-0.05, 0) is 49.9 Å². The molecule has 0 aromatic heterocycles. The van der Waals surface area contributed by atoms with Crippen molar-refractivity contribution in [1.29, 1.82) is 0 Å². The number of aliphatic hydroxyl groups is 2. The fourth-order valence-corrected chi connectivity index (χ4v) is 4.43. The van der Waals surface area contributed by atoms with Gasteiger partial charge in [0.05, 0.1) is 11.7 Å². The van der Waals surface area contributed by atoms with E-state index in [-0.39, 0.29) is 23.0 Å². The first-order valence-electron chi connectivity index (χ1n) is 7.12. The van der Waals surface area contributed by atoms with Gasteiger partial charge in [-0.2, -0.15) is 0 Å². The van der Waals surface area contributed by atoms with Crippen molar-refractivity contribution in [3.8, 4) is 0 Å². The monoisotopic (exact) mass is 254 g/mol. The van der Waals surface area contributed by atoms with Crippen molar-refractivity contribution in [3.63, 3.8) is 0 Å². The average molecular weight is 254 g/mol. The maximum absolute atomic E-state index is 11.6. The largest absolute Gasteiger partial charge is 0.392 e. The van der Waals surface area contributed by atoms with Crippen LogP contribution in [0.1, 0.15) is 53.4 Å². The predicted molar refractivity (Wildman–Crippen MR) is 70.0 cm³/mol. The molecule has 2 aliphatic rings. The molecule has 0 aromatic carbocycles. The summed E-state index contributed by atoms with van der Waals surface area (Å²) >= 11 is 0. The Bertz CT molecular complexity index is 352. The van der Waals surface area contributed by atoms with Gasteiger partial charge in [0.2, 0.25) is 0 Å². The molecule has 0 spiro atoms. The van der Waals surface area contributed by atoms with Crippen LogP contribution in [-0.4, -0.2) is 27.7 Å². The highest BCUT2D eigenvalue weighted by molar-refractivity contribution is 5.79. The number of hydrogen-bond acceptors (Lipinski definition) is 3. The highest BCUT2D eigenvalue weighted by Gasteiger charge is 2.62. The summed E-state index contributed by atoms with van der Waals surface area (Å²) in [5, 5.41) is 21.3. The molecular weight excluding hydrogens is 228 g/mol. The van der Waals surface area contributed by atoms with Gasteiger partial charge in [-0.3, -0.25) is 4.79 Å². The molecule has 0 heterocycles. The maximum atomic E-state index is 11.6. The van der Waals surface area contributed by atoms with E-state index in [2.05, 4.69) is 20.8 Å². The quantitative estimate of drug-likeness (QED) is 0.794. The lowest BCUT2D eigenvalue weighted by Gasteiger charge is -2.51. The van der Waals surface area contributed by atoms with Gasteiger partial charge in [-0.1, -0.05) is 20.8 Å². The van der Waals surface area contributed by atoms with Crippen LogP contribution in [0.15, 0.2) is 0 Å². The van der Waals surface area contributed by atoms with Crippen LogP contribution in [0.4, 0.5) is 0 Å². The molecule has 0 radical (unpaired) electrons. The van der Waals surface area contributed by atoms with Crippen LogP contribution in [0, 0.1) is 23.2 Å². The minimum Gasteiger partial charge on any atom is -0.392 e. The van der Waals surface area contributed by atoms with Gasteiger partial charge in [0.25, 0.3) is 0 Å². The molecule has 2 rings (SSSR count). The van der Waals surface area contributed by atoms with Crippen LogP contribution in [0.25, 0.3) is 0 Å². The summed E-state index contributed by atoms with van der Waals surface area (Å²) in [6.45, 7) is 7.89. The lowest BCUT2D eigenvalue weighted by molar-refractivity contribution is -0.171. The van der Waals surface area contributed by atoms with Crippen LogP contribution in [0.3, 0.4) is 0 Å². The van der Waals surface area contributed by atoms with Crippen molar-refractivity contribution < 1.29 is 15.0 Å². The highest BCUT2D eigenvalue weighted by Crippen LogP contribution is 2.60. The van der Waals surface area contributed by atoms with E-state index in [1.54, 1.807) is 0 Å². The summed E-state index contributed by atoms with van der Waals surface area (Å²) in [5.41, 5.74) is -1.01. The van der Waals surface area contributed by atoms with Crippen molar-refractivity contribution in [1.82, 2.24) is 0 Å². The van der Waals surface area contributed by atoms with Gasteiger partial charge >= 0.3 is 0 Å². The molecule has 0 amide bonds. The first-order valence-corrected chi connectivity index (χ1v) is 7.12. The van der Waals surface area contributed by atoms with Crippen molar-refractivity contribution in [3.05, 3.63) is 0 Å². The first-order chi connectivity index (χ1) is 8.21. The van der Waals surface area contributed by atoms with Gasteiger partial charge in [0, 0.05) is 5.92 Å². The van der Waals surface area contributed by atoms with E-state index >= 15 is 0 Å². The molecule has 2 fully saturated rings. The molecule has 0 saturated heterocycles. The molecule has 0 aliphatic heterocycles. The third-order valence-corrected chi connectivity index (χ3v) is 5.65. The number of carbonyl (C=O) groups is 1. The number of rotatable bonds is 2. The Morgan fingerprint density at radius 2 is 1.94 bits per heavy atom. The molecule has 0 unspecified atom stereocenters. The van der Waals surface area contributed by atoms with Crippen molar-refractivity contribution in [2.75, 3.05) is 0 Å². The van der Waals surface area contributed by atoms with Crippen LogP contribution >= 0.6 is 0 Å². The smallest absolute Gasteiger partial charge is 0.135 e. The number of aliphatic hydroxyl groups excluding tert-OH is 1. The predicted octanol–water partition coefficient (Wildman–Crippen LogP) is 2.15. The first kappa shape index (κ1) is 14.0. The van der Waals surface area contributed by atoms with Crippen LogP contribution in [-0.2, 0) is 4.79 Å². The zero-order valence-corrected chi connectivity index (χ0v) is 11.9. The van der Waals surface area contributed by atoms with Crippen LogP contribution < -0.4 is 0 Å². The second-order valence-corrected chi connectivity index (χ2v) is 7.07. The molecule has 2 N–H and O–H groups in total. The summed E-state index contributed by atoms with van der Waals surface area (Å²) < 4.78 is 0. The lowest BCUT2D eigenvalue weighted by Crippen LogP contribution is -2.57. The Balaban J connectivity index is 2.34. The Hall–Kier alpha value is -0.410. The summed E-state index contributed by atoms with van der Waals surface area (Å²) in [6.07, 6.45) is 2.36. The summed E-state index contributed by atoms with van der Waals surface area (Å²) in [6, 6.07) is 0. The van der Waals surface area contributed by atoms with Gasteiger partial charge in [-0.25, -0.2) is 0 Å². The van der Waals surface area contributed by atoms with E-state index in [1.165, 1.54) is 6.92 Å². The molecule has 2 saturated carbocycles. The fraction of sp³-hybridized carbons (Fsp3) is 0.933. The second kappa shape index (κ2) is 4.31. The average Bonchev–Trinajstić information content (AvgIpc) is 2.48. The standard InChI is InChI=1S/C15H26O3/c1-9(2)12-5-6-14(4)8-13(17)11(10(3)16)7-15(12,14)18/h9,11-13,17-18H,5-8H2,1-4H3/t11-,12+,13-,14+,15-/m0/s1. The number of hydrogen-bond donors (Lipinski definition) is 2. The SMILES string of the molecule is CC(=O)[C@@H]1C[C@]2(O)[C@@H](C(C)C)CC[C@]2(C)C[C@@H]1O. The van der Waals surface area contributed by atoms with Gasteiger partial charge in [0.15, 0.2) is 0 Å². The number of ketones is 1. The zero-order valence-electron chi connectivity index (χ0n) is 11.9. The van der Waals surface area contributed by atoms with E-state index in [9.17, 15) is 15.0 Å². The van der Waals surface area contributed by atoms with Crippen LogP contribution in [0.2, 0.25) is 0 Å². The van der Waals surface area contributed by atoms with E-state index < -0.39 is 11.7 Å². The van der Waals surface area contributed by atoms with E-state index in [4.69, 9.17) is 0 Å². The summed E-state index contributed by atoms with van der Waals surface area (Å²) in [4.78, 5) is 11.6. The maximum Gasteiger partial charge on any atom is 0.135 e. The molecule has 0 aromatic rings. The molecule has 3 heteroatoms. The van der Waals surface area contributed by atoms with Gasteiger partial charge < -0.3 is 10.2 Å². The molecule has 18 heavy (non-hydrogen) atoms.